The van der Waals surface area contributed by atoms with Crippen LogP contribution in [-0.2, 0) is 0 Å². The summed E-state index contributed by atoms with van der Waals surface area (Å²) in [6.07, 6.45) is 1.89. The molecule has 174 valence electrons. The van der Waals surface area contributed by atoms with Crippen LogP contribution in [0, 0.1) is 6.92 Å². The summed E-state index contributed by atoms with van der Waals surface area (Å²) in [7, 11) is 0. The second-order valence-electron chi connectivity index (χ2n) is 8.56. The molecule has 5 heterocycles. The lowest BCUT2D eigenvalue weighted by Crippen LogP contribution is -2.49. The van der Waals surface area contributed by atoms with Crippen LogP contribution < -0.4 is 9.80 Å². The van der Waals surface area contributed by atoms with Crippen LogP contribution in [0.2, 0.25) is 0 Å². The van der Waals surface area contributed by atoms with Crippen molar-refractivity contribution in [1.29, 1.82) is 0 Å². The first kappa shape index (κ1) is 21.6. The maximum absolute atomic E-state index is 13.2. The molecule has 0 aromatic carbocycles. The van der Waals surface area contributed by atoms with Crippen LogP contribution in [0.5, 0.6) is 0 Å². The molecule has 2 fully saturated rings. The topological polar surface area (TPSA) is 93.3 Å². The molecule has 0 bridgehead atoms. The van der Waals surface area contributed by atoms with Crippen molar-refractivity contribution in [2.45, 2.75) is 6.92 Å². The SMILES string of the molecule is Cc1nc2ccccn2c1C(=O)N1CCN(c2ccc(N3CCN(CCO)CC3)nn2)CC1. The van der Waals surface area contributed by atoms with E-state index in [1.807, 2.05) is 52.8 Å². The Kier molecular flexibility index (Phi) is 6.10. The number of imidazole rings is 1. The van der Waals surface area contributed by atoms with Gasteiger partial charge >= 0.3 is 0 Å². The Morgan fingerprint density at radius 1 is 0.909 bits per heavy atom. The van der Waals surface area contributed by atoms with Gasteiger partial charge in [0.05, 0.1) is 12.3 Å². The summed E-state index contributed by atoms with van der Waals surface area (Å²) in [6.45, 7) is 9.14. The van der Waals surface area contributed by atoms with Gasteiger partial charge in [-0.05, 0) is 31.2 Å². The smallest absolute Gasteiger partial charge is 0.272 e. The highest BCUT2D eigenvalue weighted by Crippen LogP contribution is 2.20. The monoisotopic (exact) mass is 450 g/mol. The number of amides is 1. The molecule has 0 unspecified atom stereocenters. The largest absolute Gasteiger partial charge is 0.395 e. The van der Waals surface area contributed by atoms with Crippen LogP contribution in [0.4, 0.5) is 11.6 Å². The van der Waals surface area contributed by atoms with E-state index in [1.165, 1.54) is 0 Å². The zero-order valence-corrected chi connectivity index (χ0v) is 19.0. The summed E-state index contributed by atoms with van der Waals surface area (Å²) < 4.78 is 1.87. The minimum atomic E-state index is 0.0209. The number of aliphatic hydroxyl groups excluding tert-OH is 1. The summed E-state index contributed by atoms with van der Waals surface area (Å²) >= 11 is 0. The van der Waals surface area contributed by atoms with Gasteiger partial charge in [0.2, 0.25) is 0 Å². The quantitative estimate of drug-likeness (QED) is 0.601. The fourth-order valence-corrected chi connectivity index (χ4v) is 4.66. The van der Waals surface area contributed by atoms with E-state index in [1.54, 1.807) is 0 Å². The Morgan fingerprint density at radius 2 is 1.55 bits per heavy atom. The fourth-order valence-electron chi connectivity index (χ4n) is 4.66. The number of aryl methyl sites for hydroxylation is 1. The normalized spacial score (nSPS) is 17.7. The first-order valence-electron chi connectivity index (χ1n) is 11.5. The molecule has 0 radical (unpaired) electrons. The predicted molar refractivity (Wildman–Crippen MR) is 126 cm³/mol. The van der Waals surface area contributed by atoms with Crippen molar-refractivity contribution in [2.24, 2.45) is 0 Å². The number of hydrogen-bond acceptors (Lipinski definition) is 8. The molecular formula is C23H30N8O2. The van der Waals surface area contributed by atoms with Gasteiger partial charge in [-0.25, -0.2) is 4.98 Å². The van der Waals surface area contributed by atoms with E-state index in [0.717, 1.165) is 68.8 Å². The third kappa shape index (κ3) is 4.36. The Bertz CT molecular complexity index is 1100. The molecule has 5 rings (SSSR count). The van der Waals surface area contributed by atoms with Crippen LogP contribution in [0.3, 0.4) is 0 Å². The Morgan fingerprint density at radius 3 is 2.15 bits per heavy atom. The molecule has 2 aliphatic rings. The van der Waals surface area contributed by atoms with Crippen LogP contribution in [-0.4, -0.2) is 106 Å². The van der Waals surface area contributed by atoms with Gasteiger partial charge < -0.3 is 19.8 Å². The van der Waals surface area contributed by atoms with Crippen LogP contribution in [0.25, 0.3) is 5.65 Å². The number of β-amino-alcohol motifs (C(OH)–C–C–N with tert-alkyl or cyclic N) is 1. The van der Waals surface area contributed by atoms with E-state index in [-0.39, 0.29) is 12.5 Å². The number of fused-ring (bicyclic) bond motifs is 1. The average molecular weight is 451 g/mol. The van der Waals surface area contributed by atoms with Gasteiger partial charge in [-0.2, -0.15) is 0 Å². The lowest BCUT2D eigenvalue weighted by Gasteiger charge is -2.36. The number of aliphatic hydroxyl groups is 1. The summed E-state index contributed by atoms with van der Waals surface area (Å²) in [5.41, 5.74) is 2.19. The molecular weight excluding hydrogens is 420 g/mol. The van der Waals surface area contributed by atoms with Crippen LogP contribution in [0.1, 0.15) is 16.2 Å². The maximum atomic E-state index is 13.2. The van der Waals surface area contributed by atoms with Gasteiger partial charge in [0, 0.05) is 65.1 Å². The van der Waals surface area contributed by atoms with Gasteiger partial charge in [0.1, 0.15) is 11.3 Å². The minimum absolute atomic E-state index is 0.0209. The number of carbonyl (C=O) groups is 1. The van der Waals surface area contributed by atoms with Crippen LogP contribution in [0.15, 0.2) is 36.5 Å². The number of pyridine rings is 1. The number of hydrogen-bond donors (Lipinski definition) is 1. The summed E-state index contributed by atoms with van der Waals surface area (Å²) in [5.74, 6) is 1.75. The van der Waals surface area contributed by atoms with Crippen molar-refractivity contribution in [3.05, 3.63) is 47.9 Å². The number of nitrogens with zero attached hydrogens (tertiary/aromatic N) is 8. The summed E-state index contributed by atoms with van der Waals surface area (Å²) in [4.78, 5) is 26.3. The molecule has 10 heteroatoms. The molecule has 2 saturated heterocycles. The number of piperazine rings is 2. The fraction of sp³-hybridized carbons (Fsp3) is 0.478. The molecule has 0 atom stereocenters. The standard InChI is InChI=1S/C23H30N8O2/c1-18-22(31-7-3-2-4-19(31)24-18)23(33)30-14-12-29(13-15-30)21-6-5-20(25-26-21)28-10-8-27(9-11-28)16-17-32/h2-7,32H,8-17H2,1H3. The average Bonchev–Trinajstić information content (AvgIpc) is 3.20. The number of aromatic nitrogens is 4. The summed E-state index contributed by atoms with van der Waals surface area (Å²) in [5, 5.41) is 18.0. The van der Waals surface area contributed by atoms with Crippen molar-refractivity contribution in [3.8, 4) is 0 Å². The zero-order valence-electron chi connectivity index (χ0n) is 19.0. The van der Waals surface area contributed by atoms with E-state index in [4.69, 9.17) is 5.11 Å². The molecule has 3 aromatic rings. The van der Waals surface area contributed by atoms with Crippen molar-refractivity contribution in [1.82, 2.24) is 29.4 Å². The highest BCUT2D eigenvalue weighted by molar-refractivity contribution is 5.94. The van der Waals surface area contributed by atoms with Gasteiger partial charge in [-0.3, -0.25) is 14.1 Å². The second-order valence-corrected chi connectivity index (χ2v) is 8.56. The highest BCUT2D eigenvalue weighted by atomic mass is 16.3. The van der Waals surface area contributed by atoms with Crippen molar-refractivity contribution in [3.63, 3.8) is 0 Å². The highest BCUT2D eigenvalue weighted by Gasteiger charge is 2.27. The Hall–Kier alpha value is -3.24. The van der Waals surface area contributed by atoms with Crippen molar-refractivity contribution in [2.75, 3.05) is 75.3 Å². The Balaban J connectivity index is 1.19. The van der Waals surface area contributed by atoms with Crippen LogP contribution >= 0.6 is 0 Å². The molecule has 0 spiro atoms. The maximum Gasteiger partial charge on any atom is 0.272 e. The van der Waals surface area contributed by atoms with Crippen molar-refractivity contribution >= 4 is 23.2 Å². The molecule has 0 aliphatic carbocycles. The second kappa shape index (κ2) is 9.32. The Labute approximate surface area is 193 Å². The van der Waals surface area contributed by atoms with E-state index in [0.29, 0.717) is 18.8 Å². The summed E-state index contributed by atoms with van der Waals surface area (Å²) in [6, 6.07) is 9.81. The molecule has 1 amide bonds. The third-order valence-corrected chi connectivity index (χ3v) is 6.55. The molecule has 3 aromatic heterocycles. The minimum Gasteiger partial charge on any atom is -0.395 e. The van der Waals surface area contributed by atoms with Gasteiger partial charge in [-0.15, -0.1) is 10.2 Å². The number of rotatable bonds is 5. The first-order valence-corrected chi connectivity index (χ1v) is 11.5. The predicted octanol–water partition coefficient (Wildman–Crippen LogP) is 0.509. The van der Waals surface area contributed by atoms with E-state index in [2.05, 4.69) is 29.9 Å². The first-order chi connectivity index (χ1) is 16.1. The molecule has 0 saturated carbocycles. The molecule has 10 nitrogen and oxygen atoms in total. The molecule has 33 heavy (non-hydrogen) atoms. The number of carbonyl (C=O) groups excluding carboxylic acids is 1. The lowest BCUT2D eigenvalue weighted by atomic mass is 10.2. The molecule has 2 aliphatic heterocycles. The van der Waals surface area contributed by atoms with E-state index >= 15 is 0 Å². The third-order valence-electron chi connectivity index (χ3n) is 6.55. The van der Waals surface area contributed by atoms with Gasteiger partial charge in [-0.1, -0.05) is 6.07 Å². The van der Waals surface area contributed by atoms with E-state index in [9.17, 15) is 4.79 Å². The van der Waals surface area contributed by atoms with E-state index < -0.39 is 0 Å². The van der Waals surface area contributed by atoms with Gasteiger partial charge in [0.15, 0.2) is 11.6 Å². The number of anilines is 2. The molecule has 1 N–H and O–H groups in total. The van der Waals surface area contributed by atoms with Gasteiger partial charge in [0.25, 0.3) is 5.91 Å². The lowest BCUT2D eigenvalue weighted by molar-refractivity contribution is 0.0738. The van der Waals surface area contributed by atoms with Crippen molar-refractivity contribution < 1.29 is 9.90 Å². The zero-order chi connectivity index (χ0) is 22.8.